The van der Waals surface area contributed by atoms with E-state index in [2.05, 4.69) is 73.5 Å². The molecule has 0 bridgehead atoms. The summed E-state index contributed by atoms with van der Waals surface area (Å²) in [4.78, 5) is 0. The third-order valence-corrected chi connectivity index (χ3v) is 5.53. The van der Waals surface area contributed by atoms with Gasteiger partial charge in [0.2, 0.25) is 11.2 Å². The lowest BCUT2D eigenvalue weighted by molar-refractivity contribution is -0.705. The fourth-order valence-corrected chi connectivity index (χ4v) is 4.49. The fourth-order valence-electron chi connectivity index (χ4n) is 4.49. The number of fused-ring (bicyclic) bond motifs is 2. The molecule has 2 aliphatic heterocycles. The summed E-state index contributed by atoms with van der Waals surface area (Å²) in [5.41, 5.74) is 9.36. The van der Waals surface area contributed by atoms with Crippen LogP contribution in [0.5, 0.6) is 0 Å². The normalized spacial score (nSPS) is 21.3. The van der Waals surface area contributed by atoms with E-state index in [1.54, 1.807) is 0 Å². The van der Waals surface area contributed by atoms with Crippen molar-refractivity contribution in [2.45, 2.75) is 25.8 Å². The van der Waals surface area contributed by atoms with Crippen LogP contribution in [0.4, 0.5) is 0 Å². The van der Waals surface area contributed by atoms with Gasteiger partial charge in [-0.25, -0.2) is 0 Å². The molecule has 0 saturated carbocycles. The summed E-state index contributed by atoms with van der Waals surface area (Å²) < 4.78 is 2.55. The van der Waals surface area contributed by atoms with Crippen molar-refractivity contribution in [3.8, 4) is 11.3 Å². The maximum Gasteiger partial charge on any atom is 0.217 e. The molecule has 0 fully saturated rings. The fraction of sp³-hybridized carbons (Fsp3) is 0.190. The number of hydrogen-bond donors (Lipinski definition) is 0. The van der Waals surface area contributed by atoms with Gasteiger partial charge in [0.1, 0.15) is 0 Å². The molecule has 3 heterocycles. The Hall–Kier alpha value is -2.41. The Morgan fingerprint density at radius 3 is 2.64 bits per heavy atom. The minimum atomic E-state index is -0.0440. The van der Waals surface area contributed by atoms with Crippen LogP contribution in [0.1, 0.15) is 23.6 Å². The molecule has 1 heteroatoms. The summed E-state index contributed by atoms with van der Waals surface area (Å²) >= 11 is 0. The Labute approximate surface area is 130 Å². The molecule has 0 radical (unpaired) electrons. The molecular formula is C21H18N+. The predicted octanol–water partition coefficient (Wildman–Crippen LogP) is 4.40. The van der Waals surface area contributed by atoms with Crippen LogP contribution in [-0.4, -0.2) is 0 Å². The number of rotatable bonds is 0. The molecule has 0 amide bonds. The largest absolute Gasteiger partial charge is 0.217 e. The third kappa shape index (κ3) is 1.20. The van der Waals surface area contributed by atoms with Crippen molar-refractivity contribution in [3.63, 3.8) is 0 Å². The quantitative estimate of drug-likeness (QED) is 0.539. The second-order valence-corrected chi connectivity index (χ2v) is 6.84. The highest BCUT2D eigenvalue weighted by molar-refractivity contribution is 5.90. The zero-order valence-corrected chi connectivity index (χ0v) is 13.0. The summed E-state index contributed by atoms with van der Waals surface area (Å²) in [5.74, 6) is 0. The minimum absolute atomic E-state index is 0.0440. The lowest BCUT2D eigenvalue weighted by Gasteiger charge is -2.30. The predicted molar refractivity (Wildman–Crippen MR) is 90.7 cm³/mol. The average molecular weight is 284 g/mol. The summed E-state index contributed by atoms with van der Waals surface area (Å²) in [6.07, 6.45) is 1.04. The summed E-state index contributed by atoms with van der Waals surface area (Å²) in [7, 11) is 0. The number of aromatic nitrogens is 1. The molecule has 0 N–H and O–H groups in total. The smallest absolute Gasteiger partial charge is 0.181 e. The SMILES string of the molecule is C=C1c2ccccc2-c2c(C)cc3cccc4c3[n+]2C1(C)C4. The Bertz CT molecular complexity index is 996. The molecule has 1 unspecified atom stereocenters. The molecule has 0 spiro atoms. The zero-order valence-electron chi connectivity index (χ0n) is 13.0. The van der Waals surface area contributed by atoms with Crippen LogP contribution in [0.2, 0.25) is 0 Å². The van der Waals surface area contributed by atoms with Crippen LogP contribution < -0.4 is 4.57 Å². The maximum atomic E-state index is 4.49. The van der Waals surface area contributed by atoms with Gasteiger partial charge in [0.25, 0.3) is 0 Å². The monoisotopic (exact) mass is 284 g/mol. The highest BCUT2D eigenvalue weighted by Gasteiger charge is 2.52. The lowest BCUT2D eigenvalue weighted by atomic mass is 9.78. The molecule has 3 aromatic rings. The zero-order chi connectivity index (χ0) is 15.1. The van der Waals surface area contributed by atoms with Gasteiger partial charge in [-0.2, -0.15) is 4.57 Å². The van der Waals surface area contributed by atoms with Gasteiger partial charge in [0, 0.05) is 35.4 Å². The number of nitrogens with zero attached hydrogens (tertiary/aromatic N) is 1. The first-order valence-corrected chi connectivity index (χ1v) is 7.88. The van der Waals surface area contributed by atoms with E-state index in [1.165, 1.54) is 44.4 Å². The van der Waals surface area contributed by atoms with Crippen molar-refractivity contribution in [2.75, 3.05) is 0 Å². The summed E-state index contributed by atoms with van der Waals surface area (Å²) in [6.45, 7) is 9.06. The van der Waals surface area contributed by atoms with Crippen LogP contribution in [0.3, 0.4) is 0 Å². The molecule has 22 heavy (non-hydrogen) atoms. The molecule has 0 saturated heterocycles. The summed E-state index contributed by atoms with van der Waals surface area (Å²) in [5, 5.41) is 1.34. The number of allylic oxidation sites excluding steroid dienone is 1. The highest BCUT2D eigenvalue weighted by Crippen LogP contribution is 2.47. The first-order chi connectivity index (χ1) is 10.6. The lowest BCUT2D eigenvalue weighted by Crippen LogP contribution is -2.56. The molecule has 1 atom stereocenters. The maximum absolute atomic E-state index is 4.49. The molecular weight excluding hydrogens is 266 g/mol. The molecule has 0 aliphatic carbocycles. The van der Waals surface area contributed by atoms with E-state index in [0.717, 1.165) is 6.42 Å². The second-order valence-electron chi connectivity index (χ2n) is 6.84. The van der Waals surface area contributed by atoms with E-state index in [1.807, 2.05) is 0 Å². The van der Waals surface area contributed by atoms with Gasteiger partial charge in [-0.1, -0.05) is 36.9 Å². The van der Waals surface area contributed by atoms with E-state index in [9.17, 15) is 0 Å². The van der Waals surface area contributed by atoms with Crippen LogP contribution in [0.25, 0.3) is 27.7 Å². The standard InChI is InChI=1S/C21H18N/c1-13-11-15-7-6-8-16-12-21(3)14(2)17-9-4-5-10-18(17)19(13)22(21)20(15)16/h4-11H,2,12H2,1,3H3/q+1. The number of benzene rings is 2. The first-order valence-electron chi connectivity index (χ1n) is 7.88. The number of aryl methyl sites for hydroxylation is 1. The Kier molecular flexibility index (Phi) is 2.03. The third-order valence-electron chi connectivity index (χ3n) is 5.53. The number of pyridine rings is 1. The van der Waals surface area contributed by atoms with Crippen LogP contribution >= 0.6 is 0 Å². The van der Waals surface area contributed by atoms with Gasteiger partial charge in [-0.05, 0) is 30.7 Å². The van der Waals surface area contributed by atoms with Gasteiger partial charge in [0.15, 0.2) is 5.54 Å². The first kappa shape index (κ1) is 12.2. The second kappa shape index (κ2) is 3.67. The van der Waals surface area contributed by atoms with Gasteiger partial charge in [-0.15, -0.1) is 0 Å². The van der Waals surface area contributed by atoms with Crippen molar-refractivity contribution in [1.29, 1.82) is 0 Å². The Morgan fingerprint density at radius 1 is 1.05 bits per heavy atom. The van der Waals surface area contributed by atoms with Crippen molar-refractivity contribution in [1.82, 2.24) is 0 Å². The molecule has 1 nitrogen and oxygen atoms in total. The molecule has 2 aromatic carbocycles. The van der Waals surface area contributed by atoms with Crippen LogP contribution in [0, 0.1) is 6.92 Å². The number of hydrogen-bond acceptors (Lipinski definition) is 0. The van der Waals surface area contributed by atoms with E-state index in [4.69, 9.17) is 0 Å². The number of para-hydroxylation sites is 1. The molecule has 106 valence electrons. The van der Waals surface area contributed by atoms with Gasteiger partial charge in [0.05, 0.1) is 5.56 Å². The van der Waals surface area contributed by atoms with Crippen molar-refractivity contribution in [3.05, 3.63) is 71.8 Å². The molecule has 1 aromatic heterocycles. The van der Waals surface area contributed by atoms with E-state index >= 15 is 0 Å². The Morgan fingerprint density at radius 2 is 1.82 bits per heavy atom. The Balaban J connectivity index is 2.07. The minimum Gasteiger partial charge on any atom is -0.181 e. The topological polar surface area (TPSA) is 3.88 Å². The van der Waals surface area contributed by atoms with Crippen molar-refractivity contribution < 1.29 is 4.57 Å². The van der Waals surface area contributed by atoms with Crippen LogP contribution in [-0.2, 0) is 12.0 Å². The van der Waals surface area contributed by atoms with E-state index < -0.39 is 0 Å². The summed E-state index contributed by atoms with van der Waals surface area (Å²) in [6, 6.07) is 17.7. The highest BCUT2D eigenvalue weighted by atomic mass is 15.1. The van der Waals surface area contributed by atoms with Gasteiger partial charge >= 0.3 is 0 Å². The molecule has 5 rings (SSSR count). The van der Waals surface area contributed by atoms with Gasteiger partial charge < -0.3 is 0 Å². The van der Waals surface area contributed by atoms with Gasteiger partial charge in [-0.3, -0.25) is 0 Å². The van der Waals surface area contributed by atoms with Crippen molar-refractivity contribution >= 4 is 16.5 Å². The van der Waals surface area contributed by atoms with Crippen LogP contribution in [0.15, 0.2) is 55.1 Å². The average Bonchev–Trinajstić information content (AvgIpc) is 2.83. The van der Waals surface area contributed by atoms with E-state index in [-0.39, 0.29) is 5.54 Å². The van der Waals surface area contributed by atoms with Crippen molar-refractivity contribution in [2.24, 2.45) is 0 Å². The van der Waals surface area contributed by atoms with E-state index in [0.29, 0.717) is 0 Å². The molecule has 2 aliphatic rings.